The van der Waals surface area contributed by atoms with Crippen LogP contribution in [0, 0.1) is 0 Å². The molecule has 2 heterocycles. The van der Waals surface area contributed by atoms with Crippen molar-refractivity contribution in [3.8, 4) is 0 Å². The van der Waals surface area contributed by atoms with Gasteiger partial charge in [-0.1, -0.05) is 0 Å². The summed E-state index contributed by atoms with van der Waals surface area (Å²) < 4.78 is 10.1. The molecule has 0 saturated heterocycles. The minimum Gasteiger partial charge on any atom is -0.467 e. The average molecular weight is 321 g/mol. The van der Waals surface area contributed by atoms with Gasteiger partial charge in [0.05, 0.1) is 17.2 Å². The van der Waals surface area contributed by atoms with Gasteiger partial charge in [-0.05, 0) is 38.1 Å². The van der Waals surface area contributed by atoms with Gasteiger partial charge in [0.25, 0.3) is 5.91 Å². The fraction of sp³-hybridized carbons (Fsp3) is 0.267. The second kappa shape index (κ2) is 7.04. The first kappa shape index (κ1) is 16.0. The van der Waals surface area contributed by atoms with E-state index in [1.54, 1.807) is 25.1 Å². The number of hydrogen-bond acceptors (Lipinski definition) is 6. The summed E-state index contributed by atoms with van der Waals surface area (Å²) in [4.78, 5) is 35.4. The quantitative estimate of drug-likeness (QED) is 0.653. The first-order valence-corrected chi connectivity index (χ1v) is 7.39. The SMILES string of the molecule is CC(=O)c1ccc(C(=O)OCC(=O)N[C@H](C)c2ccco2)s1. The van der Waals surface area contributed by atoms with Gasteiger partial charge in [-0.15, -0.1) is 11.3 Å². The number of ether oxygens (including phenoxy) is 1. The topological polar surface area (TPSA) is 85.6 Å². The van der Waals surface area contributed by atoms with E-state index in [0.29, 0.717) is 10.6 Å². The molecule has 0 aliphatic heterocycles. The molecule has 0 radical (unpaired) electrons. The summed E-state index contributed by atoms with van der Waals surface area (Å²) >= 11 is 1.04. The van der Waals surface area contributed by atoms with E-state index in [9.17, 15) is 14.4 Å². The molecule has 0 aliphatic rings. The fourth-order valence-corrected chi connectivity index (χ4v) is 2.53. The van der Waals surface area contributed by atoms with E-state index in [4.69, 9.17) is 9.15 Å². The molecule has 1 amide bonds. The van der Waals surface area contributed by atoms with Crippen molar-refractivity contribution in [1.29, 1.82) is 0 Å². The van der Waals surface area contributed by atoms with Crippen LogP contribution in [-0.4, -0.2) is 24.3 Å². The largest absolute Gasteiger partial charge is 0.467 e. The van der Waals surface area contributed by atoms with Crippen LogP contribution in [0.1, 0.15) is 45.0 Å². The Labute approximate surface area is 131 Å². The maximum Gasteiger partial charge on any atom is 0.348 e. The molecule has 0 saturated carbocycles. The number of carbonyl (C=O) groups is 3. The number of thiophene rings is 1. The van der Waals surface area contributed by atoms with Crippen LogP contribution < -0.4 is 5.32 Å². The molecule has 2 aromatic rings. The lowest BCUT2D eigenvalue weighted by Gasteiger charge is -2.11. The van der Waals surface area contributed by atoms with Crippen LogP contribution in [0.15, 0.2) is 34.9 Å². The van der Waals surface area contributed by atoms with Gasteiger partial charge in [0.2, 0.25) is 0 Å². The Hall–Kier alpha value is -2.41. The van der Waals surface area contributed by atoms with Gasteiger partial charge in [0.15, 0.2) is 12.4 Å². The van der Waals surface area contributed by atoms with Crippen molar-refractivity contribution < 1.29 is 23.5 Å². The highest BCUT2D eigenvalue weighted by Gasteiger charge is 2.16. The summed E-state index contributed by atoms with van der Waals surface area (Å²) in [7, 11) is 0. The molecule has 7 heteroatoms. The minimum atomic E-state index is -0.627. The number of hydrogen-bond donors (Lipinski definition) is 1. The molecule has 0 unspecified atom stereocenters. The van der Waals surface area contributed by atoms with Crippen molar-refractivity contribution in [2.75, 3.05) is 6.61 Å². The summed E-state index contributed by atoms with van der Waals surface area (Å²) in [5.74, 6) is -0.558. The summed E-state index contributed by atoms with van der Waals surface area (Å²) in [6.07, 6.45) is 1.52. The van der Waals surface area contributed by atoms with Crippen LogP contribution in [0.3, 0.4) is 0 Å². The van der Waals surface area contributed by atoms with Gasteiger partial charge in [-0.2, -0.15) is 0 Å². The molecule has 0 fully saturated rings. The van der Waals surface area contributed by atoms with Crippen LogP contribution in [0.5, 0.6) is 0 Å². The van der Waals surface area contributed by atoms with Gasteiger partial charge < -0.3 is 14.5 Å². The number of nitrogens with one attached hydrogen (secondary N) is 1. The lowest BCUT2D eigenvalue weighted by atomic mass is 10.2. The molecule has 0 aliphatic carbocycles. The van der Waals surface area contributed by atoms with Crippen molar-refractivity contribution in [3.05, 3.63) is 46.0 Å². The van der Waals surface area contributed by atoms with Crippen LogP contribution >= 0.6 is 11.3 Å². The van der Waals surface area contributed by atoms with E-state index in [1.165, 1.54) is 19.3 Å². The van der Waals surface area contributed by atoms with E-state index in [1.807, 2.05) is 0 Å². The van der Waals surface area contributed by atoms with Crippen LogP contribution in [0.4, 0.5) is 0 Å². The Morgan fingerprint density at radius 1 is 1.27 bits per heavy atom. The monoisotopic (exact) mass is 321 g/mol. The standard InChI is InChI=1S/C15H15NO5S/c1-9(11-4-3-7-20-11)16-14(18)8-21-15(19)13-6-5-12(22-13)10(2)17/h3-7,9H,8H2,1-2H3,(H,16,18)/t9-/m1/s1. The second-order valence-corrected chi connectivity index (χ2v) is 5.68. The van der Waals surface area contributed by atoms with Crippen molar-refractivity contribution in [1.82, 2.24) is 5.32 Å². The number of esters is 1. The fourth-order valence-electron chi connectivity index (χ4n) is 1.73. The van der Waals surface area contributed by atoms with Crippen molar-refractivity contribution in [2.24, 2.45) is 0 Å². The number of ketones is 1. The van der Waals surface area contributed by atoms with E-state index < -0.39 is 18.5 Å². The molecule has 6 nitrogen and oxygen atoms in total. The molecule has 1 atom stereocenters. The van der Waals surface area contributed by atoms with Gasteiger partial charge in [-0.3, -0.25) is 9.59 Å². The third-order valence-electron chi connectivity index (χ3n) is 2.84. The molecule has 0 aromatic carbocycles. The third-order valence-corrected chi connectivity index (χ3v) is 4.00. The summed E-state index contributed by atoms with van der Waals surface area (Å²) in [5.41, 5.74) is 0. The maximum absolute atomic E-state index is 11.8. The lowest BCUT2D eigenvalue weighted by molar-refractivity contribution is -0.125. The molecular weight excluding hydrogens is 306 g/mol. The van der Waals surface area contributed by atoms with Crippen molar-refractivity contribution in [3.63, 3.8) is 0 Å². The van der Waals surface area contributed by atoms with Crippen LogP contribution in [0.25, 0.3) is 0 Å². The summed E-state index contributed by atoms with van der Waals surface area (Å²) in [5, 5.41) is 2.65. The molecule has 0 spiro atoms. The normalized spacial score (nSPS) is 11.7. The van der Waals surface area contributed by atoms with E-state index in [-0.39, 0.29) is 16.7 Å². The molecular formula is C15H15NO5S. The number of carbonyl (C=O) groups excluding carboxylic acids is 3. The Morgan fingerprint density at radius 2 is 2.00 bits per heavy atom. The second-order valence-electron chi connectivity index (χ2n) is 4.60. The zero-order valence-corrected chi connectivity index (χ0v) is 12.9. The number of furan rings is 1. The van der Waals surface area contributed by atoms with Crippen molar-refractivity contribution in [2.45, 2.75) is 19.9 Å². The van der Waals surface area contributed by atoms with Gasteiger partial charge in [0.1, 0.15) is 10.6 Å². The highest BCUT2D eigenvalue weighted by atomic mass is 32.1. The number of Topliss-reactive ketones (excluding diaryl/α,β-unsaturated/α-hetero) is 1. The molecule has 2 rings (SSSR count). The Bertz CT molecular complexity index is 674. The highest BCUT2D eigenvalue weighted by Crippen LogP contribution is 2.18. The predicted octanol–water partition coefficient (Wildman–Crippen LogP) is 2.58. The highest BCUT2D eigenvalue weighted by molar-refractivity contribution is 7.15. The zero-order valence-electron chi connectivity index (χ0n) is 12.1. The third kappa shape index (κ3) is 4.05. The first-order valence-electron chi connectivity index (χ1n) is 6.58. The predicted molar refractivity (Wildman–Crippen MR) is 79.9 cm³/mol. The smallest absolute Gasteiger partial charge is 0.348 e. The van der Waals surface area contributed by atoms with E-state index >= 15 is 0 Å². The molecule has 0 bridgehead atoms. The van der Waals surface area contributed by atoms with Gasteiger partial charge >= 0.3 is 5.97 Å². The first-order chi connectivity index (χ1) is 10.5. The number of amides is 1. The molecule has 22 heavy (non-hydrogen) atoms. The summed E-state index contributed by atoms with van der Waals surface area (Å²) in [6.45, 7) is 2.79. The van der Waals surface area contributed by atoms with Crippen molar-refractivity contribution >= 4 is 29.0 Å². The zero-order chi connectivity index (χ0) is 16.1. The average Bonchev–Trinajstić information content (AvgIpc) is 3.15. The van der Waals surface area contributed by atoms with Crippen LogP contribution in [-0.2, 0) is 9.53 Å². The maximum atomic E-state index is 11.8. The lowest BCUT2D eigenvalue weighted by Crippen LogP contribution is -2.30. The molecule has 116 valence electrons. The molecule has 2 aromatic heterocycles. The van der Waals surface area contributed by atoms with Gasteiger partial charge in [0, 0.05) is 0 Å². The Morgan fingerprint density at radius 3 is 2.59 bits per heavy atom. The summed E-state index contributed by atoms with van der Waals surface area (Å²) in [6, 6.07) is 6.22. The van der Waals surface area contributed by atoms with E-state index in [0.717, 1.165) is 11.3 Å². The molecule has 1 N–H and O–H groups in total. The Balaban J connectivity index is 1.82. The number of rotatable bonds is 6. The van der Waals surface area contributed by atoms with Gasteiger partial charge in [-0.25, -0.2) is 4.79 Å². The minimum absolute atomic E-state index is 0.117. The van der Waals surface area contributed by atoms with E-state index in [2.05, 4.69) is 5.32 Å². The Kier molecular flexibility index (Phi) is 5.11. The van der Waals surface area contributed by atoms with Crippen LogP contribution in [0.2, 0.25) is 0 Å².